The Morgan fingerprint density at radius 1 is 0.962 bits per heavy atom. The molecule has 3 aromatic rings. The number of likely N-dealkylation sites (tertiary alicyclic amines) is 1. The average Bonchev–Trinajstić information content (AvgIpc) is 3.12. The number of carbonyl (C=O) groups excluding carboxylic acids is 1. The lowest BCUT2D eigenvalue weighted by Gasteiger charge is -2.27. The van der Waals surface area contributed by atoms with Crippen molar-refractivity contribution < 1.29 is 4.79 Å². The highest BCUT2D eigenvalue weighted by atomic mass is 16.2. The highest BCUT2D eigenvalue weighted by Gasteiger charge is 2.19. The van der Waals surface area contributed by atoms with E-state index in [0.717, 1.165) is 49.4 Å². The smallest absolute Gasteiger partial charge is 0.255 e. The van der Waals surface area contributed by atoms with Crippen molar-refractivity contribution in [1.82, 2.24) is 9.30 Å². The number of anilines is 1. The van der Waals surface area contributed by atoms with Gasteiger partial charge in [-0.3, -0.25) is 4.79 Å². The summed E-state index contributed by atoms with van der Waals surface area (Å²) in [5.41, 5.74) is 3.14. The number of fused-ring (bicyclic) bond motifs is 1. The van der Waals surface area contributed by atoms with Gasteiger partial charge in [-0.25, -0.2) is 0 Å². The van der Waals surface area contributed by atoms with Gasteiger partial charge in [-0.05, 0) is 49.1 Å². The summed E-state index contributed by atoms with van der Waals surface area (Å²) in [7, 11) is 2.09. The van der Waals surface area contributed by atoms with E-state index in [2.05, 4.69) is 52.7 Å². The topological polar surface area (TPSA) is 28.0 Å². The first kappa shape index (κ1) is 16.7. The molecule has 0 spiro atoms. The normalized spacial score (nSPS) is 14.6. The van der Waals surface area contributed by atoms with E-state index < -0.39 is 0 Å². The van der Waals surface area contributed by atoms with Crippen LogP contribution < -0.4 is 4.90 Å². The SMILES string of the molecule is CN(Cc1ccccc1)c1ccc2ccc(C(=O)N3CCCCC3)cn12. The summed E-state index contributed by atoms with van der Waals surface area (Å²) in [6.45, 7) is 2.59. The number of benzene rings is 1. The van der Waals surface area contributed by atoms with E-state index in [1.165, 1.54) is 12.0 Å². The van der Waals surface area contributed by atoms with Gasteiger partial charge in [-0.1, -0.05) is 30.3 Å². The minimum Gasteiger partial charge on any atom is -0.356 e. The molecule has 0 bridgehead atoms. The van der Waals surface area contributed by atoms with Crippen molar-refractivity contribution in [3.63, 3.8) is 0 Å². The predicted molar refractivity (Wildman–Crippen MR) is 106 cm³/mol. The molecule has 1 aromatic carbocycles. The lowest BCUT2D eigenvalue weighted by Crippen LogP contribution is -2.35. The number of piperidine rings is 1. The van der Waals surface area contributed by atoms with E-state index in [0.29, 0.717) is 0 Å². The largest absolute Gasteiger partial charge is 0.356 e. The number of amides is 1. The molecule has 0 saturated carbocycles. The summed E-state index contributed by atoms with van der Waals surface area (Å²) in [5, 5.41) is 0. The molecular formula is C22H25N3O. The van der Waals surface area contributed by atoms with Crippen molar-refractivity contribution in [2.24, 2.45) is 0 Å². The standard InChI is InChI=1S/C22H25N3O/c1-23(16-18-8-4-2-5-9-18)21-13-12-20-11-10-19(17-25(20)21)22(26)24-14-6-3-7-15-24/h2,4-5,8-13,17H,3,6-7,14-16H2,1H3. The second kappa shape index (κ2) is 7.24. The second-order valence-corrected chi connectivity index (χ2v) is 7.10. The number of pyridine rings is 1. The fourth-order valence-corrected chi connectivity index (χ4v) is 3.74. The third-order valence-corrected chi connectivity index (χ3v) is 5.17. The van der Waals surface area contributed by atoms with E-state index in [9.17, 15) is 4.79 Å². The first-order valence-corrected chi connectivity index (χ1v) is 9.38. The van der Waals surface area contributed by atoms with E-state index in [-0.39, 0.29) is 5.91 Å². The molecule has 0 atom stereocenters. The fraction of sp³-hybridized carbons (Fsp3) is 0.318. The third-order valence-electron chi connectivity index (χ3n) is 5.17. The Kier molecular flexibility index (Phi) is 4.65. The van der Waals surface area contributed by atoms with Crippen LogP contribution in [-0.2, 0) is 6.54 Å². The van der Waals surface area contributed by atoms with Crippen molar-refractivity contribution >= 4 is 17.2 Å². The average molecular weight is 347 g/mol. The summed E-state index contributed by atoms with van der Waals surface area (Å²) in [4.78, 5) is 17.0. The quantitative estimate of drug-likeness (QED) is 0.707. The van der Waals surface area contributed by atoms with Crippen LogP contribution in [0.25, 0.3) is 5.52 Å². The molecule has 1 fully saturated rings. The van der Waals surface area contributed by atoms with Gasteiger partial charge in [0.05, 0.1) is 5.56 Å². The minimum atomic E-state index is 0.150. The van der Waals surface area contributed by atoms with Crippen LogP contribution in [0, 0.1) is 0 Å². The molecule has 3 heterocycles. The fourth-order valence-electron chi connectivity index (χ4n) is 3.74. The first-order valence-electron chi connectivity index (χ1n) is 9.38. The van der Waals surface area contributed by atoms with Crippen LogP contribution in [0.15, 0.2) is 60.8 Å². The molecule has 134 valence electrons. The van der Waals surface area contributed by atoms with Crippen LogP contribution in [0.5, 0.6) is 0 Å². The molecule has 1 aliphatic rings. The maximum Gasteiger partial charge on any atom is 0.255 e. The Labute approximate surface area is 154 Å². The molecule has 4 rings (SSSR count). The maximum atomic E-state index is 12.8. The number of hydrogen-bond acceptors (Lipinski definition) is 2. The van der Waals surface area contributed by atoms with E-state index in [1.807, 2.05) is 29.3 Å². The molecule has 0 unspecified atom stereocenters. The van der Waals surface area contributed by atoms with E-state index in [1.54, 1.807) is 0 Å². The Morgan fingerprint density at radius 3 is 2.46 bits per heavy atom. The zero-order chi connectivity index (χ0) is 17.9. The number of rotatable bonds is 4. The maximum absolute atomic E-state index is 12.8. The Balaban J connectivity index is 1.61. The Morgan fingerprint density at radius 2 is 1.69 bits per heavy atom. The molecule has 1 aliphatic heterocycles. The van der Waals surface area contributed by atoms with Crippen molar-refractivity contribution in [3.8, 4) is 0 Å². The summed E-state index contributed by atoms with van der Waals surface area (Å²) in [6, 6.07) is 18.6. The van der Waals surface area contributed by atoms with Gasteiger partial charge in [-0.2, -0.15) is 0 Å². The minimum absolute atomic E-state index is 0.150. The highest BCUT2D eigenvalue weighted by Crippen LogP contribution is 2.22. The van der Waals surface area contributed by atoms with Crippen molar-refractivity contribution in [2.45, 2.75) is 25.8 Å². The van der Waals surface area contributed by atoms with Gasteiger partial charge in [-0.15, -0.1) is 0 Å². The number of aromatic nitrogens is 1. The van der Waals surface area contributed by atoms with Crippen LogP contribution in [0.2, 0.25) is 0 Å². The van der Waals surface area contributed by atoms with Crippen LogP contribution in [0.3, 0.4) is 0 Å². The van der Waals surface area contributed by atoms with Gasteiger partial charge >= 0.3 is 0 Å². The van der Waals surface area contributed by atoms with Crippen LogP contribution in [-0.4, -0.2) is 35.3 Å². The lowest BCUT2D eigenvalue weighted by molar-refractivity contribution is 0.0724. The number of carbonyl (C=O) groups is 1. The lowest BCUT2D eigenvalue weighted by atomic mass is 10.1. The zero-order valence-electron chi connectivity index (χ0n) is 15.3. The van der Waals surface area contributed by atoms with Crippen molar-refractivity contribution in [2.75, 3.05) is 25.0 Å². The molecule has 0 aliphatic carbocycles. The summed E-state index contributed by atoms with van der Waals surface area (Å²) >= 11 is 0. The molecule has 1 amide bonds. The van der Waals surface area contributed by atoms with E-state index in [4.69, 9.17) is 0 Å². The van der Waals surface area contributed by atoms with Gasteiger partial charge in [0, 0.05) is 38.4 Å². The first-order chi connectivity index (χ1) is 12.7. The van der Waals surface area contributed by atoms with Crippen molar-refractivity contribution in [1.29, 1.82) is 0 Å². The molecule has 26 heavy (non-hydrogen) atoms. The summed E-state index contributed by atoms with van der Waals surface area (Å²) in [5.74, 6) is 1.24. The van der Waals surface area contributed by atoms with Gasteiger partial charge in [0.1, 0.15) is 5.82 Å². The van der Waals surface area contributed by atoms with Gasteiger partial charge in [0.15, 0.2) is 0 Å². The second-order valence-electron chi connectivity index (χ2n) is 7.10. The number of hydrogen-bond donors (Lipinski definition) is 0. The summed E-state index contributed by atoms with van der Waals surface area (Å²) < 4.78 is 2.13. The summed E-state index contributed by atoms with van der Waals surface area (Å²) in [6.07, 6.45) is 5.45. The van der Waals surface area contributed by atoms with Crippen LogP contribution >= 0.6 is 0 Å². The third kappa shape index (κ3) is 3.32. The van der Waals surface area contributed by atoms with E-state index >= 15 is 0 Å². The molecule has 4 heteroatoms. The molecule has 4 nitrogen and oxygen atoms in total. The monoisotopic (exact) mass is 347 g/mol. The van der Waals surface area contributed by atoms with Crippen molar-refractivity contribution in [3.05, 3.63) is 71.9 Å². The molecular weight excluding hydrogens is 322 g/mol. The molecule has 0 radical (unpaired) electrons. The molecule has 0 N–H and O–H groups in total. The highest BCUT2D eigenvalue weighted by molar-refractivity contribution is 5.94. The Bertz CT molecular complexity index is 894. The van der Waals surface area contributed by atoms with Gasteiger partial charge in [0.25, 0.3) is 5.91 Å². The Hall–Kier alpha value is -2.75. The zero-order valence-corrected chi connectivity index (χ0v) is 15.3. The predicted octanol–water partition coefficient (Wildman–Crippen LogP) is 4.20. The molecule has 2 aromatic heterocycles. The van der Waals surface area contributed by atoms with Crippen LogP contribution in [0.1, 0.15) is 35.2 Å². The van der Waals surface area contributed by atoms with Gasteiger partial charge in [0.2, 0.25) is 0 Å². The van der Waals surface area contributed by atoms with Gasteiger partial charge < -0.3 is 14.2 Å². The van der Waals surface area contributed by atoms with Crippen LogP contribution in [0.4, 0.5) is 5.82 Å². The molecule has 1 saturated heterocycles. The number of nitrogens with zero attached hydrogens (tertiary/aromatic N) is 3.